The Balaban J connectivity index is 1.86. The highest BCUT2D eigenvalue weighted by Gasteiger charge is 2.14. The molecule has 1 aromatic carbocycles. The predicted octanol–water partition coefficient (Wildman–Crippen LogP) is 4.33. The van der Waals surface area contributed by atoms with E-state index in [4.69, 9.17) is 15.9 Å². The second-order valence-corrected chi connectivity index (χ2v) is 5.96. The van der Waals surface area contributed by atoms with Gasteiger partial charge in [0.2, 0.25) is 0 Å². The normalized spacial score (nSPS) is 16.3. The van der Waals surface area contributed by atoms with Crippen LogP contribution in [0.25, 0.3) is 0 Å². The fraction of sp³-hybridized carbons (Fsp3) is 0.471. The van der Waals surface area contributed by atoms with Gasteiger partial charge in [0.1, 0.15) is 5.75 Å². The van der Waals surface area contributed by atoms with Gasteiger partial charge in [-0.3, -0.25) is 0 Å². The van der Waals surface area contributed by atoms with E-state index in [-0.39, 0.29) is 0 Å². The van der Waals surface area contributed by atoms with Gasteiger partial charge in [0, 0.05) is 16.8 Å². The molecular weight excluding hydrogens is 282 g/mol. The second-order valence-electron chi connectivity index (χ2n) is 5.13. The van der Waals surface area contributed by atoms with Crippen molar-refractivity contribution >= 4 is 17.8 Å². The lowest BCUT2D eigenvalue weighted by atomic mass is 9.90. The molecule has 4 heteroatoms. The summed E-state index contributed by atoms with van der Waals surface area (Å²) in [6, 6.07) is 7.71. The average Bonchev–Trinajstić information content (AvgIpc) is 2.56. The summed E-state index contributed by atoms with van der Waals surface area (Å²) in [6.07, 6.45) is 11.9. The highest BCUT2D eigenvalue weighted by atomic mass is 32.2. The fourth-order valence-corrected chi connectivity index (χ4v) is 3.00. The molecular formula is C17H21NO2S. The molecule has 0 heterocycles. The molecule has 1 fully saturated rings. The van der Waals surface area contributed by atoms with Crippen molar-refractivity contribution in [1.82, 2.24) is 0 Å². The molecule has 0 saturated heterocycles. The number of hydrogen-bond acceptors (Lipinski definition) is 4. The second kappa shape index (κ2) is 8.63. The first-order valence-electron chi connectivity index (χ1n) is 7.30. The van der Waals surface area contributed by atoms with Crippen LogP contribution in [0.2, 0.25) is 0 Å². The van der Waals surface area contributed by atoms with E-state index in [0.717, 1.165) is 10.6 Å². The topological polar surface area (TPSA) is 30.8 Å². The van der Waals surface area contributed by atoms with Crippen molar-refractivity contribution in [2.75, 3.05) is 13.7 Å². The maximum Gasteiger partial charge on any atom is 0.275 e. The van der Waals surface area contributed by atoms with Gasteiger partial charge in [-0.2, -0.15) is 4.40 Å². The molecule has 0 unspecified atom stereocenters. The number of nitrogens with zero attached hydrogens (tertiary/aromatic N) is 1. The first kappa shape index (κ1) is 15.8. The van der Waals surface area contributed by atoms with Crippen LogP contribution in [-0.2, 0) is 4.74 Å². The Morgan fingerprint density at radius 3 is 2.90 bits per heavy atom. The lowest BCUT2D eigenvalue weighted by Gasteiger charge is -2.21. The van der Waals surface area contributed by atoms with Gasteiger partial charge in [-0.25, -0.2) is 0 Å². The number of terminal acetylenes is 1. The molecule has 1 aliphatic rings. The minimum Gasteiger partial charge on any atom is -0.497 e. The standard InChI is InChI=1S/C17H21NO2S/c1-3-17(20-13-14-8-5-4-6-9-14)18-21-16-11-7-10-15(12-16)19-2/h1,7,10-12,14H,4-6,8-9,13H2,2H3. The van der Waals surface area contributed by atoms with Gasteiger partial charge in [0.05, 0.1) is 13.7 Å². The number of rotatable bonds is 5. The van der Waals surface area contributed by atoms with Gasteiger partial charge < -0.3 is 9.47 Å². The maximum atomic E-state index is 5.67. The van der Waals surface area contributed by atoms with Gasteiger partial charge in [0.25, 0.3) is 5.90 Å². The predicted molar refractivity (Wildman–Crippen MR) is 87.6 cm³/mol. The smallest absolute Gasteiger partial charge is 0.275 e. The Bertz CT molecular complexity index is 516. The largest absolute Gasteiger partial charge is 0.497 e. The Morgan fingerprint density at radius 1 is 1.38 bits per heavy atom. The van der Waals surface area contributed by atoms with Crippen molar-refractivity contribution in [3.8, 4) is 18.1 Å². The third kappa shape index (κ3) is 5.35. The van der Waals surface area contributed by atoms with E-state index >= 15 is 0 Å². The van der Waals surface area contributed by atoms with Crippen LogP contribution in [0, 0.1) is 18.3 Å². The number of methoxy groups -OCH3 is 1. The summed E-state index contributed by atoms with van der Waals surface area (Å²) in [5.74, 6) is 4.32. The highest BCUT2D eigenvalue weighted by molar-refractivity contribution is 7.98. The van der Waals surface area contributed by atoms with Crippen LogP contribution in [0.5, 0.6) is 5.75 Å². The maximum absolute atomic E-state index is 5.67. The Morgan fingerprint density at radius 2 is 2.19 bits per heavy atom. The molecule has 0 radical (unpaired) electrons. The molecule has 1 aromatic rings. The van der Waals surface area contributed by atoms with Gasteiger partial charge in [-0.1, -0.05) is 25.3 Å². The van der Waals surface area contributed by atoms with E-state index in [1.54, 1.807) is 7.11 Å². The van der Waals surface area contributed by atoms with Crippen LogP contribution in [0.3, 0.4) is 0 Å². The van der Waals surface area contributed by atoms with Crippen LogP contribution in [0.1, 0.15) is 32.1 Å². The SMILES string of the molecule is C#CC(=NSc1cccc(OC)c1)OCC1CCCCC1. The zero-order valence-electron chi connectivity index (χ0n) is 12.4. The molecule has 0 atom stereocenters. The zero-order valence-corrected chi connectivity index (χ0v) is 13.2. The first-order chi connectivity index (χ1) is 10.3. The van der Waals surface area contributed by atoms with Crippen molar-refractivity contribution in [3.05, 3.63) is 24.3 Å². The van der Waals surface area contributed by atoms with Crippen molar-refractivity contribution in [2.24, 2.45) is 10.3 Å². The summed E-state index contributed by atoms with van der Waals surface area (Å²) < 4.78 is 15.1. The fourth-order valence-electron chi connectivity index (χ4n) is 2.40. The minimum atomic E-state index is 0.369. The van der Waals surface area contributed by atoms with E-state index in [1.807, 2.05) is 24.3 Å². The van der Waals surface area contributed by atoms with E-state index in [2.05, 4.69) is 10.3 Å². The molecule has 1 aliphatic carbocycles. The van der Waals surface area contributed by atoms with E-state index in [0.29, 0.717) is 18.4 Å². The highest BCUT2D eigenvalue weighted by Crippen LogP contribution is 2.25. The zero-order chi connectivity index (χ0) is 14.9. The van der Waals surface area contributed by atoms with Crippen LogP contribution in [-0.4, -0.2) is 19.6 Å². The average molecular weight is 303 g/mol. The van der Waals surface area contributed by atoms with Crippen LogP contribution in [0.15, 0.2) is 33.6 Å². The van der Waals surface area contributed by atoms with E-state index in [9.17, 15) is 0 Å². The summed E-state index contributed by atoms with van der Waals surface area (Å²) in [5.41, 5.74) is 0. The Labute approximate surface area is 131 Å². The summed E-state index contributed by atoms with van der Waals surface area (Å²) in [4.78, 5) is 0.975. The Kier molecular flexibility index (Phi) is 6.49. The molecule has 0 bridgehead atoms. The lowest BCUT2D eigenvalue weighted by molar-refractivity contribution is 0.202. The summed E-state index contributed by atoms with van der Waals surface area (Å²) >= 11 is 1.31. The molecule has 3 nitrogen and oxygen atoms in total. The minimum absolute atomic E-state index is 0.369. The summed E-state index contributed by atoms with van der Waals surface area (Å²) in [7, 11) is 1.65. The van der Waals surface area contributed by atoms with Gasteiger partial charge in [-0.05, 0) is 42.9 Å². The lowest BCUT2D eigenvalue weighted by Crippen LogP contribution is -2.15. The van der Waals surface area contributed by atoms with Crippen LogP contribution < -0.4 is 4.74 Å². The van der Waals surface area contributed by atoms with Crippen molar-refractivity contribution in [2.45, 2.75) is 37.0 Å². The van der Waals surface area contributed by atoms with Crippen molar-refractivity contribution < 1.29 is 9.47 Å². The molecule has 2 rings (SSSR count). The molecule has 21 heavy (non-hydrogen) atoms. The molecule has 0 N–H and O–H groups in total. The third-order valence-corrected chi connectivity index (χ3v) is 4.30. The first-order valence-corrected chi connectivity index (χ1v) is 8.07. The molecule has 0 amide bonds. The molecule has 1 saturated carbocycles. The summed E-state index contributed by atoms with van der Waals surface area (Å²) in [6.45, 7) is 0.682. The molecule has 0 spiro atoms. The van der Waals surface area contributed by atoms with E-state index < -0.39 is 0 Å². The number of ether oxygens (including phenoxy) is 2. The van der Waals surface area contributed by atoms with Gasteiger partial charge in [-0.15, -0.1) is 6.42 Å². The monoisotopic (exact) mass is 303 g/mol. The number of benzene rings is 1. The van der Waals surface area contributed by atoms with Crippen molar-refractivity contribution in [1.29, 1.82) is 0 Å². The summed E-state index contributed by atoms with van der Waals surface area (Å²) in [5, 5.41) is 0. The third-order valence-electron chi connectivity index (χ3n) is 3.58. The van der Waals surface area contributed by atoms with E-state index in [1.165, 1.54) is 44.1 Å². The van der Waals surface area contributed by atoms with Crippen molar-refractivity contribution in [3.63, 3.8) is 0 Å². The molecule has 0 aliphatic heterocycles. The Hall–Kier alpha value is -1.60. The van der Waals surface area contributed by atoms with Gasteiger partial charge >= 0.3 is 0 Å². The quantitative estimate of drug-likeness (QED) is 0.351. The molecule has 0 aromatic heterocycles. The van der Waals surface area contributed by atoms with Crippen LogP contribution in [0.4, 0.5) is 0 Å². The number of hydrogen-bond donors (Lipinski definition) is 0. The molecule has 112 valence electrons. The van der Waals surface area contributed by atoms with Gasteiger partial charge in [0.15, 0.2) is 0 Å². The van der Waals surface area contributed by atoms with Crippen LogP contribution >= 0.6 is 11.9 Å².